The Labute approximate surface area is 489 Å². The van der Waals surface area contributed by atoms with Crippen LogP contribution in [0.2, 0.25) is 0 Å². The molecule has 0 saturated carbocycles. The predicted molar refractivity (Wildman–Crippen MR) is 343 cm³/mol. The van der Waals surface area contributed by atoms with Crippen molar-refractivity contribution >= 4 is 17.9 Å². The van der Waals surface area contributed by atoms with Gasteiger partial charge in [-0.25, -0.2) is 0 Å². The second kappa shape index (κ2) is 66.6. The number of carbonyl (C=O) groups is 3. The molecule has 0 amide bonds. The molecule has 0 fully saturated rings. The molecule has 0 bridgehead atoms. The number of rotatable bonds is 60. The average molecular weight is 1100 g/mol. The van der Waals surface area contributed by atoms with Gasteiger partial charge in [0.2, 0.25) is 0 Å². The second-order valence-electron chi connectivity index (χ2n) is 22.0. The summed E-state index contributed by atoms with van der Waals surface area (Å²) in [6, 6.07) is 0. The molecule has 0 radical (unpaired) electrons. The summed E-state index contributed by atoms with van der Waals surface area (Å²) in [5, 5.41) is 0. The Kier molecular flexibility index (Phi) is 63.3. The van der Waals surface area contributed by atoms with Crippen molar-refractivity contribution < 1.29 is 28.6 Å². The number of ether oxygens (including phenoxy) is 3. The number of allylic oxidation sites excluding steroid dienone is 18. The van der Waals surface area contributed by atoms with E-state index in [1.807, 2.05) is 0 Å². The third kappa shape index (κ3) is 64.8. The molecule has 1 unspecified atom stereocenters. The van der Waals surface area contributed by atoms with Crippen molar-refractivity contribution in [3.05, 3.63) is 109 Å². The summed E-state index contributed by atoms with van der Waals surface area (Å²) in [6.07, 6.45) is 91.1. The van der Waals surface area contributed by atoms with Gasteiger partial charge in [0.1, 0.15) is 13.2 Å². The van der Waals surface area contributed by atoms with Crippen LogP contribution in [0.15, 0.2) is 109 Å². The van der Waals surface area contributed by atoms with Gasteiger partial charge in [-0.1, -0.05) is 284 Å². The molecule has 0 heterocycles. The monoisotopic (exact) mass is 1100 g/mol. The third-order valence-corrected chi connectivity index (χ3v) is 14.2. The maximum absolute atomic E-state index is 12.9. The molecule has 0 saturated heterocycles. The molecular weight excluding hydrogens is 973 g/mol. The molecule has 0 N–H and O–H groups in total. The average Bonchev–Trinajstić information content (AvgIpc) is 3.45. The molecule has 6 heteroatoms. The van der Waals surface area contributed by atoms with Gasteiger partial charge in [-0.15, -0.1) is 0 Å². The van der Waals surface area contributed by atoms with E-state index in [4.69, 9.17) is 14.2 Å². The van der Waals surface area contributed by atoms with Crippen LogP contribution in [0.3, 0.4) is 0 Å². The summed E-state index contributed by atoms with van der Waals surface area (Å²) in [6.45, 7) is 6.39. The first-order valence-electron chi connectivity index (χ1n) is 33.4. The first-order valence-corrected chi connectivity index (χ1v) is 33.4. The zero-order valence-corrected chi connectivity index (χ0v) is 51.9. The van der Waals surface area contributed by atoms with Gasteiger partial charge >= 0.3 is 17.9 Å². The van der Waals surface area contributed by atoms with Crippen molar-refractivity contribution in [2.75, 3.05) is 13.2 Å². The molecular formula is C73H124O6. The SMILES string of the molecule is CC/C=C\C/C=C\C/C=C\C/C=C\CCCCCCCCCCCCCCCCCCC(=O)OCC(COC(=O)CCCCC/C=C\C/C=C\C/C=C\CC)OC(=O)CCCCCCCCCCC/C=C\C/C=C\CCCCC. The van der Waals surface area contributed by atoms with E-state index in [1.54, 1.807) is 0 Å². The highest BCUT2D eigenvalue weighted by Gasteiger charge is 2.19. The Bertz CT molecular complexity index is 1590. The van der Waals surface area contributed by atoms with Crippen molar-refractivity contribution in [1.82, 2.24) is 0 Å². The summed E-state index contributed by atoms with van der Waals surface area (Å²) >= 11 is 0. The van der Waals surface area contributed by atoms with Crippen LogP contribution in [-0.2, 0) is 28.6 Å². The number of hydrogen-bond donors (Lipinski definition) is 0. The molecule has 79 heavy (non-hydrogen) atoms. The Balaban J connectivity index is 4.26. The Morgan fingerprint density at radius 1 is 0.266 bits per heavy atom. The number of esters is 3. The van der Waals surface area contributed by atoms with Gasteiger partial charge in [0.25, 0.3) is 0 Å². The van der Waals surface area contributed by atoms with E-state index in [0.29, 0.717) is 19.3 Å². The van der Waals surface area contributed by atoms with Gasteiger partial charge in [-0.3, -0.25) is 14.4 Å². The molecule has 1 atom stereocenters. The largest absolute Gasteiger partial charge is 0.462 e. The smallest absolute Gasteiger partial charge is 0.306 e. The van der Waals surface area contributed by atoms with E-state index >= 15 is 0 Å². The van der Waals surface area contributed by atoms with E-state index in [1.165, 1.54) is 161 Å². The van der Waals surface area contributed by atoms with Crippen LogP contribution in [0.5, 0.6) is 0 Å². The highest BCUT2D eigenvalue weighted by Crippen LogP contribution is 2.17. The molecule has 6 nitrogen and oxygen atoms in total. The maximum atomic E-state index is 12.9. The molecule has 0 aromatic carbocycles. The fourth-order valence-electron chi connectivity index (χ4n) is 9.30. The molecule has 0 rings (SSSR count). The van der Waals surface area contributed by atoms with E-state index in [9.17, 15) is 14.4 Å². The molecule has 0 spiro atoms. The lowest BCUT2D eigenvalue weighted by atomic mass is 10.0. The van der Waals surface area contributed by atoms with Gasteiger partial charge in [0.05, 0.1) is 0 Å². The normalized spacial score (nSPS) is 12.8. The minimum Gasteiger partial charge on any atom is -0.462 e. The molecule has 452 valence electrons. The minimum atomic E-state index is -0.794. The fourth-order valence-corrected chi connectivity index (χ4v) is 9.30. The first kappa shape index (κ1) is 75.1. The van der Waals surface area contributed by atoms with Crippen molar-refractivity contribution in [3.63, 3.8) is 0 Å². The Morgan fingerprint density at radius 2 is 0.494 bits per heavy atom. The zero-order valence-electron chi connectivity index (χ0n) is 51.9. The van der Waals surface area contributed by atoms with Gasteiger partial charge in [0.15, 0.2) is 6.10 Å². The molecule has 0 aromatic rings. The number of carbonyl (C=O) groups excluding carboxylic acids is 3. The van der Waals surface area contributed by atoms with Crippen molar-refractivity contribution in [3.8, 4) is 0 Å². The summed E-state index contributed by atoms with van der Waals surface area (Å²) in [5.41, 5.74) is 0. The topological polar surface area (TPSA) is 78.9 Å². The lowest BCUT2D eigenvalue weighted by molar-refractivity contribution is -0.167. The van der Waals surface area contributed by atoms with Gasteiger partial charge in [-0.2, -0.15) is 0 Å². The number of hydrogen-bond acceptors (Lipinski definition) is 6. The van der Waals surface area contributed by atoms with Crippen LogP contribution in [0.25, 0.3) is 0 Å². The van der Waals surface area contributed by atoms with Crippen LogP contribution in [0.4, 0.5) is 0 Å². The quantitative estimate of drug-likeness (QED) is 0.0261. The Morgan fingerprint density at radius 3 is 0.785 bits per heavy atom. The standard InChI is InChI=1S/C73H124O6/c1-4-7-10-13-16-19-22-25-27-29-31-32-33-34-35-36-37-38-39-40-42-43-45-48-51-54-57-60-63-66-72(75)78-69-70(68-77-71(74)65-62-59-56-53-50-47-24-21-18-15-12-9-6-3)79-73(76)67-64-61-58-55-52-49-46-44-41-30-28-26-23-20-17-14-11-8-5-2/h7,9-10,12,16-21,25-28,31-32,47,50,70H,4-6,8,11,13-15,22-24,29-30,33-46,48-49,51-69H2,1-3H3/b10-7-,12-9-,19-16-,20-17-,21-18-,27-25-,28-26-,32-31-,50-47-. The number of unbranched alkanes of at least 4 members (excludes halogenated alkanes) is 31. The summed E-state index contributed by atoms with van der Waals surface area (Å²) in [5.74, 6) is -0.913. The van der Waals surface area contributed by atoms with Crippen molar-refractivity contribution in [2.45, 2.75) is 322 Å². The van der Waals surface area contributed by atoms with Crippen LogP contribution in [0, 0.1) is 0 Å². The molecule has 0 aliphatic rings. The lowest BCUT2D eigenvalue weighted by Gasteiger charge is -2.18. The van der Waals surface area contributed by atoms with E-state index < -0.39 is 6.10 Å². The van der Waals surface area contributed by atoms with E-state index in [-0.39, 0.29) is 31.1 Å². The van der Waals surface area contributed by atoms with E-state index in [0.717, 1.165) is 116 Å². The zero-order chi connectivity index (χ0) is 57.1. The van der Waals surface area contributed by atoms with Crippen LogP contribution in [0.1, 0.15) is 316 Å². The van der Waals surface area contributed by atoms with Gasteiger partial charge in [-0.05, 0) is 122 Å². The first-order chi connectivity index (χ1) is 39.0. The van der Waals surface area contributed by atoms with Crippen molar-refractivity contribution in [1.29, 1.82) is 0 Å². The molecule has 0 aliphatic heterocycles. The highest BCUT2D eigenvalue weighted by molar-refractivity contribution is 5.71. The predicted octanol–water partition coefficient (Wildman–Crippen LogP) is 23.0. The lowest BCUT2D eigenvalue weighted by Crippen LogP contribution is -2.30. The van der Waals surface area contributed by atoms with Crippen LogP contribution >= 0.6 is 0 Å². The highest BCUT2D eigenvalue weighted by atomic mass is 16.6. The van der Waals surface area contributed by atoms with E-state index in [2.05, 4.69) is 130 Å². The summed E-state index contributed by atoms with van der Waals surface area (Å²) in [7, 11) is 0. The molecule has 0 aromatic heterocycles. The fraction of sp³-hybridized carbons (Fsp3) is 0.712. The molecule has 0 aliphatic carbocycles. The summed E-state index contributed by atoms with van der Waals surface area (Å²) in [4.78, 5) is 38.3. The van der Waals surface area contributed by atoms with Crippen molar-refractivity contribution in [2.24, 2.45) is 0 Å². The van der Waals surface area contributed by atoms with Crippen LogP contribution < -0.4 is 0 Å². The van der Waals surface area contributed by atoms with Crippen LogP contribution in [-0.4, -0.2) is 37.2 Å². The maximum Gasteiger partial charge on any atom is 0.306 e. The summed E-state index contributed by atoms with van der Waals surface area (Å²) < 4.78 is 16.9. The van der Waals surface area contributed by atoms with Gasteiger partial charge < -0.3 is 14.2 Å². The Hall–Kier alpha value is -3.93. The third-order valence-electron chi connectivity index (χ3n) is 14.2. The second-order valence-corrected chi connectivity index (χ2v) is 22.0. The minimum absolute atomic E-state index is 0.0879. The van der Waals surface area contributed by atoms with Gasteiger partial charge in [0, 0.05) is 19.3 Å².